The first kappa shape index (κ1) is 20.0. The number of guanidine groups is 1. The molecule has 1 aromatic rings. The Hall–Kier alpha value is -2.31. The van der Waals surface area contributed by atoms with Crippen molar-refractivity contribution in [3.63, 3.8) is 0 Å². The fourth-order valence-electron chi connectivity index (χ4n) is 3.02. The van der Waals surface area contributed by atoms with Crippen LogP contribution < -0.4 is 10.1 Å². The molecule has 2 rings (SSSR count). The third-order valence-corrected chi connectivity index (χ3v) is 4.30. The van der Waals surface area contributed by atoms with Crippen molar-refractivity contribution in [3.05, 3.63) is 29.6 Å². The van der Waals surface area contributed by atoms with E-state index in [1.165, 1.54) is 13.2 Å². The second-order valence-electron chi connectivity index (χ2n) is 6.18. The van der Waals surface area contributed by atoms with Crippen LogP contribution in [-0.4, -0.2) is 50.2 Å². The lowest BCUT2D eigenvalue weighted by Crippen LogP contribution is -2.48. The zero-order chi connectivity index (χ0) is 18.9. The maximum absolute atomic E-state index is 13.8. The van der Waals surface area contributed by atoms with Crippen molar-refractivity contribution in [3.8, 4) is 5.75 Å². The molecule has 0 aliphatic carbocycles. The summed E-state index contributed by atoms with van der Waals surface area (Å²) >= 11 is 0. The largest absolute Gasteiger partial charge is 0.494 e. The number of rotatable bonds is 6. The summed E-state index contributed by atoms with van der Waals surface area (Å²) in [5.41, 5.74) is 0.762. The number of halogens is 1. The monoisotopic (exact) mass is 365 g/mol. The van der Waals surface area contributed by atoms with Gasteiger partial charge in [0, 0.05) is 19.6 Å². The number of piperidine rings is 1. The van der Waals surface area contributed by atoms with Crippen molar-refractivity contribution in [2.75, 3.05) is 33.4 Å². The molecule has 1 unspecified atom stereocenters. The Morgan fingerprint density at radius 2 is 2.23 bits per heavy atom. The number of hydrogen-bond donors (Lipinski definition) is 1. The molecule has 0 bridgehead atoms. The summed E-state index contributed by atoms with van der Waals surface area (Å²) < 4.78 is 23.9. The van der Waals surface area contributed by atoms with E-state index in [0.717, 1.165) is 37.5 Å². The quantitative estimate of drug-likeness (QED) is 0.477. The van der Waals surface area contributed by atoms with E-state index in [-0.39, 0.29) is 17.6 Å². The minimum atomic E-state index is -0.398. The molecule has 26 heavy (non-hydrogen) atoms. The van der Waals surface area contributed by atoms with E-state index in [9.17, 15) is 9.18 Å². The van der Waals surface area contributed by atoms with Crippen LogP contribution in [0.15, 0.2) is 23.2 Å². The first-order valence-electron chi connectivity index (χ1n) is 9.11. The maximum atomic E-state index is 13.8. The lowest BCUT2D eigenvalue weighted by atomic mass is 9.98. The molecule has 1 aliphatic heterocycles. The van der Waals surface area contributed by atoms with Gasteiger partial charge in [-0.15, -0.1) is 0 Å². The number of carbonyl (C=O) groups excluding carboxylic acids is 1. The first-order valence-corrected chi connectivity index (χ1v) is 9.11. The van der Waals surface area contributed by atoms with E-state index in [4.69, 9.17) is 9.47 Å². The molecule has 1 heterocycles. The first-order chi connectivity index (χ1) is 12.6. The average molecular weight is 365 g/mol. The van der Waals surface area contributed by atoms with E-state index in [1.807, 2.05) is 13.8 Å². The van der Waals surface area contributed by atoms with Gasteiger partial charge in [-0.25, -0.2) is 9.38 Å². The Balaban J connectivity index is 2.07. The number of nitrogens with one attached hydrogen (secondary N) is 1. The number of esters is 1. The number of likely N-dealkylation sites (tertiary alicyclic amines) is 1. The Morgan fingerprint density at radius 3 is 2.88 bits per heavy atom. The van der Waals surface area contributed by atoms with Gasteiger partial charge in [-0.1, -0.05) is 6.07 Å². The highest BCUT2D eigenvalue weighted by Gasteiger charge is 2.28. The van der Waals surface area contributed by atoms with Crippen LogP contribution in [0.1, 0.15) is 32.3 Å². The minimum Gasteiger partial charge on any atom is -0.494 e. The summed E-state index contributed by atoms with van der Waals surface area (Å²) in [6.07, 6.45) is 1.74. The van der Waals surface area contributed by atoms with Gasteiger partial charge in [0.2, 0.25) is 0 Å². The Labute approximate surface area is 154 Å². The minimum absolute atomic E-state index is 0.133. The number of ether oxygens (including phenoxy) is 2. The second-order valence-corrected chi connectivity index (χ2v) is 6.18. The molecule has 0 amide bonds. The predicted octanol–water partition coefficient (Wildman–Crippen LogP) is 2.57. The van der Waals surface area contributed by atoms with Crippen LogP contribution >= 0.6 is 0 Å². The van der Waals surface area contributed by atoms with Gasteiger partial charge in [-0.05, 0) is 44.4 Å². The summed E-state index contributed by atoms with van der Waals surface area (Å²) in [7, 11) is 1.44. The van der Waals surface area contributed by atoms with Crippen molar-refractivity contribution in [2.45, 2.75) is 33.2 Å². The molecule has 1 aromatic carbocycles. The molecular formula is C19H28FN3O3. The van der Waals surface area contributed by atoms with Gasteiger partial charge in [0.1, 0.15) is 0 Å². The molecule has 1 saturated heterocycles. The summed E-state index contributed by atoms with van der Waals surface area (Å²) in [4.78, 5) is 18.7. The van der Waals surface area contributed by atoms with E-state index in [1.54, 1.807) is 12.1 Å². The van der Waals surface area contributed by atoms with Gasteiger partial charge in [0.15, 0.2) is 17.5 Å². The highest BCUT2D eigenvalue weighted by atomic mass is 19.1. The second kappa shape index (κ2) is 9.99. The van der Waals surface area contributed by atoms with E-state index < -0.39 is 5.82 Å². The Kier molecular flexibility index (Phi) is 7.69. The van der Waals surface area contributed by atoms with E-state index >= 15 is 0 Å². The van der Waals surface area contributed by atoms with Gasteiger partial charge in [-0.3, -0.25) is 4.79 Å². The number of hydrogen-bond acceptors (Lipinski definition) is 4. The molecule has 0 spiro atoms. The third kappa shape index (κ3) is 5.34. The maximum Gasteiger partial charge on any atom is 0.310 e. The average Bonchev–Trinajstić information content (AvgIpc) is 2.65. The number of benzene rings is 1. The van der Waals surface area contributed by atoms with Crippen molar-refractivity contribution in [1.82, 2.24) is 10.2 Å². The number of nitrogens with zero attached hydrogens (tertiary/aromatic N) is 2. The third-order valence-electron chi connectivity index (χ3n) is 4.30. The zero-order valence-corrected chi connectivity index (χ0v) is 15.8. The van der Waals surface area contributed by atoms with Gasteiger partial charge in [0.05, 0.1) is 26.2 Å². The molecule has 1 N–H and O–H groups in total. The van der Waals surface area contributed by atoms with Crippen LogP contribution in [0.25, 0.3) is 0 Å². The number of aliphatic imine (C=N–C) groups is 1. The summed E-state index contributed by atoms with van der Waals surface area (Å²) in [5.74, 6) is 0.275. The predicted molar refractivity (Wildman–Crippen MR) is 98.7 cm³/mol. The molecule has 6 nitrogen and oxygen atoms in total. The van der Waals surface area contributed by atoms with Gasteiger partial charge < -0.3 is 19.7 Å². The van der Waals surface area contributed by atoms with Crippen LogP contribution in [0, 0.1) is 11.7 Å². The smallest absolute Gasteiger partial charge is 0.310 e. The summed E-state index contributed by atoms with van der Waals surface area (Å²) in [6, 6.07) is 4.83. The highest BCUT2D eigenvalue weighted by molar-refractivity contribution is 5.81. The van der Waals surface area contributed by atoms with E-state index in [2.05, 4.69) is 15.2 Å². The molecule has 144 valence electrons. The summed E-state index contributed by atoms with van der Waals surface area (Å²) in [6.45, 7) is 6.69. The highest BCUT2D eigenvalue weighted by Crippen LogP contribution is 2.20. The Morgan fingerprint density at radius 1 is 1.42 bits per heavy atom. The van der Waals surface area contributed by atoms with E-state index in [0.29, 0.717) is 19.7 Å². The SMILES string of the molecule is CCNC(=NCc1ccc(OC)c(F)c1)N1CCCC(C(=O)OCC)C1. The molecular weight excluding hydrogens is 337 g/mol. The van der Waals surface area contributed by atoms with Gasteiger partial charge >= 0.3 is 5.97 Å². The van der Waals surface area contributed by atoms with Gasteiger partial charge in [-0.2, -0.15) is 0 Å². The molecule has 0 saturated carbocycles. The molecule has 0 radical (unpaired) electrons. The van der Waals surface area contributed by atoms with Crippen molar-refractivity contribution in [2.24, 2.45) is 10.9 Å². The molecule has 7 heteroatoms. The lowest BCUT2D eigenvalue weighted by Gasteiger charge is -2.34. The van der Waals surface area contributed by atoms with Crippen molar-refractivity contribution < 1.29 is 18.7 Å². The fourth-order valence-corrected chi connectivity index (χ4v) is 3.02. The van der Waals surface area contributed by atoms with Crippen LogP contribution in [0.2, 0.25) is 0 Å². The van der Waals surface area contributed by atoms with Crippen LogP contribution in [-0.2, 0) is 16.1 Å². The summed E-state index contributed by atoms with van der Waals surface area (Å²) in [5, 5.41) is 3.26. The zero-order valence-electron chi connectivity index (χ0n) is 15.8. The molecule has 1 fully saturated rings. The Bertz CT molecular complexity index is 636. The molecule has 1 aliphatic rings. The van der Waals surface area contributed by atoms with Crippen molar-refractivity contribution in [1.29, 1.82) is 0 Å². The van der Waals surface area contributed by atoms with Crippen LogP contribution in [0.4, 0.5) is 4.39 Å². The number of methoxy groups -OCH3 is 1. The van der Waals surface area contributed by atoms with Crippen LogP contribution in [0.5, 0.6) is 5.75 Å². The standard InChI is InChI=1S/C19H28FN3O3/c1-4-21-19(22-12-14-8-9-17(25-3)16(20)11-14)23-10-6-7-15(13-23)18(24)26-5-2/h8-9,11,15H,4-7,10,12-13H2,1-3H3,(H,21,22). The molecule has 0 aromatic heterocycles. The van der Waals surface area contributed by atoms with Gasteiger partial charge in [0.25, 0.3) is 0 Å². The molecule has 1 atom stereocenters. The number of carbonyl (C=O) groups is 1. The van der Waals surface area contributed by atoms with Crippen LogP contribution in [0.3, 0.4) is 0 Å². The topological polar surface area (TPSA) is 63.2 Å². The normalized spacial score (nSPS) is 17.8. The lowest BCUT2D eigenvalue weighted by molar-refractivity contribution is -0.149. The van der Waals surface area contributed by atoms with Crippen molar-refractivity contribution >= 4 is 11.9 Å². The fraction of sp³-hybridized carbons (Fsp3) is 0.579.